The van der Waals surface area contributed by atoms with Crippen molar-refractivity contribution in [3.8, 4) is 0 Å². The molecule has 0 saturated carbocycles. The van der Waals surface area contributed by atoms with E-state index in [1.807, 2.05) is 0 Å². The fraction of sp³-hybridized carbons (Fsp3) is 0.429. The lowest BCUT2D eigenvalue weighted by Gasteiger charge is -2.16. The number of nitrogens with zero attached hydrogens (tertiary/aromatic N) is 1. The molecule has 1 aromatic rings. The number of rotatable bonds is 4. The van der Waals surface area contributed by atoms with Crippen LogP contribution in [0.1, 0.15) is 13.8 Å². The number of carbonyl (C=O) groups excluding carboxylic acids is 1. The molecule has 8 heteroatoms. The maximum atomic E-state index is 12.5. The third kappa shape index (κ3) is 3.28. The Balaban J connectivity index is 2.20. The molecule has 1 saturated heterocycles. The summed E-state index contributed by atoms with van der Waals surface area (Å²) in [5.41, 5.74) is 0.504. The normalized spacial score (nSPS) is 22.5. The lowest BCUT2D eigenvalue weighted by molar-refractivity contribution is -0.142. The van der Waals surface area contributed by atoms with E-state index in [1.54, 1.807) is 6.92 Å². The molecule has 22 heavy (non-hydrogen) atoms. The first-order valence-corrected chi connectivity index (χ1v) is 8.26. The van der Waals surface area contributed by atoms with Gasteiger partial charge < -0.3 is 10.4 Å². The van der Waals surface area contributed by atoms with E-state index in [0.29, 0.717) is 5.69 Å². The van der Waals surface area contributed by atoms with Crippen LogP contribution in [0.25, 0.3) is 0 Å². The highest BCUT2D eigenvalue weighted by molar-refractivity contribution is 7.89. The van der Waals surface area contributed by atoms with Gasteiger partial charge in [-0.05, 0) is 30.2 Å². The van der Waals surface area contributed by atoms with Crippen molar-refractivity contribution in [1.29, 1.82) is 0 Å². The number of sulfonamides is 1. The van der Waals surface area contributed by atoms with Gasteiger partial charge >= 0.3 is 5.97 Å². The van der Waals surface area contributed by atoms with Gasteiger partial charge in [-0.25, -0.2) is 8.42 Å². The molecule has 1 aromatic carbocycles. The fourth-order valence-corrected chi connectivity index (χ4v) is 4.07. The predicted octanol–water partition coefficient (Wildman–Crippen LogP) is 0.986. The lowest BCUT2D eigenvalue weighted by Crippen LogP contribution is -2.30. The second kappa shape index (κ2) is 6.05. The number of nitrogens with one attached hydrogen (secondary N) is 1. The minimum Gasteiger partial charge on any atom is -0.481 e. The van der Waals surface area contributed by atoms with Crippen LogP contribution in [0.15, 0.2) is 29.2 Å². The van der Waals surface area contributed by atoms with Gasteiger partial charge in [0.25, 0.3) is 0 Å². The molecule has 2 N–H and O–H groups in total. The summed E-state index contributed by atoms with van der Waals surface area (Å²) in [5.74, 6) is -2.14. The van der Waals surface area contributed by atoms with Gasteiger partial charge in [0.2, 0.25) is 15.9 Å². The Bertz CT molecular complexity index is 684. The van der Waals surface area contributed by atoms with Crippen molar-refractivity contribution in [2.45, 2.75) is 18.7 Å². The van der Waals surface area contributed by atoms with Gasteiger partial charge in [0.1, 0.15) is 0 Å². The standard InChI is InChI=1S/C14H18N2O5S/c1-9-7-16(8-13(9)14(18)19)22(20,21)12-5-3-11(4-6-12)15-10(2)17/h3-6,9,13H,7-8H2,1-2H3,(H,15,17)(H,18,19)/t9-,13-/m1/s1. The van der Waals surface area contributed by atoms with Crippen molar-refractivity contribution in [3.05, 3.63) is 24.3 Å². The highest BCUT2D eigenvalue weighted by atomic mass is 32.2. The van der Waals surface area contributed by atoms with Crippen LogP contribution in [0, 0.1) is 11.8 Å². The number of benzene rings is 1. The molecule has 0 aromatic heterocycles. The second-order valence-electron chi connectivity index (χ2n) is 5.45. The minimum atomic E-state index is -3.73. The number of carboxylic acid groups (broad SMARTS) is 1. The summed E-state index contributed by atoms with van der Waals surface area (Å²) in [7, 11) is -3.73. The molecule has 1 aliphatic rings. The van der Waals surface area contributed by atoms with Crippen LogP contribution in [0.2, 0.25) is 0 Å². The van der Waals surface area contributed by atoms with Gasteiger partial charge in [-0.3, -0.25) is 9.59 Å². The first-order chi connectivity index (χ1) is 10.2. The Hall–Kier alpha value is -1.93. The molecule has 7 nitrogen and oxygen atoms in total. The molecular formula is C14H18N2O5S. The minimum absolute atomic E-state index is 0.0215. The SMILES string of the molecule is CC(=O)Nc1ccc(S(=O)(=O)N2C[C@@H](C)[C@H](C(=O)O)C2)cc1. The molecule has 1 fully saturated rings. The first-order valence-electron chi connectivity index (χ1n) is 6.82. The molecule has 0 unspecified atom stereocenters. The summed E-state index contributed by atoms with van der Waals surface area (Å²) in [6, 6.07) is 5.81. The van der Waals surface area contributed by atoms with Gasteiger partial charge in [0, 0.05) is 25.7 Å². The highest BCUT2D eigenvalue weighted by Crippen LogP contribution is 2.29. The number of anilines is 1. The Labute approximate surface area is 129 Å². The zero-order valence-corrected chi connectivity index (χ0v) is 13.1. The molecule has 0 spiro atoms. The van der Waals surface area contributed by atoms with Crippen LogP contribution in [-0.4, -0.2) is 42.8 Å². The van der Waals surface area contributed by atoms with E-state index in [4.69, 9.17) is 5.11 Å². The summed E-state index contributed by atoms with van der Waals surface area (Å²) >= 11 is 0. The largest absolute Gasteiger partial charge is 0.481 e. The zero-order valence-electron chi connectivity index (χ0n) is 12.3. The van der Waals surface area contributed by atoms with Gasteiger partial charge in [0.05, 0.1) is 10.8 Å². The van der Waals surface area contributed by atoms with E-state index >= 15 is 0 Å². The zero-order chi connectivity index (χ0) is 16.5. The molecule has 0 radical (unpaired) electrons. The number of hydrogen-bond donors (Lipinski definition) is 2. The van der Waals surface area contributed by atoms with Crippen LogP contribution in [0.5, 0.6) is 0 Å². The molecule has 0 bridgehead atoms. The van der Waals surface area contributed by atoms with Gasteiger partial charge in [-0.15, -0.1) is 0 Å². The summed E-state index contributed by atoms with van der Waals surface area (Å²) in [4.78, 5) is 22.1. The maximum absolute atomic E-state index is 12.5. The molecule has 2 rings (SSSR count). The van der Waals surface area contributed by atoms with Crippen molar-refractivity contribution in [3.63, 3.8) is 0 Å². The third-order valence-electron chi connectivity index (χ3n) is 3.71. The number of hydrogen-bond acceptors (Lipinski definition) is 4. The summed E-state index contributed by atoms with van der Waals surface area (Å²) in [6.07, 6.45) is 0. The number of amides is 1. The average molecular weight is 326 g/mol. The van der Waals surface area contributed by atoms with E-state index in [2.05, 4.69) is 5.32 Å². The van der Waals surface area contributed by atoms with E-state index < -0.39 is 21.9 Å². The number of carboxylic acids is 1. The molecular weight excluding hydrogens is 308 g/mol. The van der Waals surface area contributed by atoms with Crippen molar-refractivity contribution >= 4 is 27.6 Å². The lowest BCUT2D eigenvalue weighted by atomic mass is 9.99. The average Bonchev–Trinajstić information content (AvgIpc) is 2.81. The number of aliphatic carboxylic acids is 1. The Kier molecular flexibility index (Phi) is 4.52. The van der Waals surface area contributed by atoms with Crippen molar-refractivity contribution in [1.82, 2.24) is 4.31 Å². The van der Waals surface area contributed by atoms with Crippen molar-refractivity contribution in [2.24, 2.45) is 11.8 Å². The monoisotopic (exact) mass is 326 g/mol. The molecule has 1 aliphatic heterocycles. The van der Waals surface area contributed by atoms with Crippen LogP contribution in [-0.2, 0) is 19.6 Å². The Morgan fingerprint density at radius 3 is 2.27 bits per heavy atom. The van der Waals surface area contributed by atoms with Crippen LogP contribution in [0.4, 0.5) is 5.69 Å². The topological polar surface area (TPSA) is 104 Å². The van der Waals surface area contributed by atoms with Gasteiger partial charge in [-0.2, -0.15) is 4.31 Å². The predicted molar refractivity (Wildman–Crippen MR) is 79.8 cm³/mol. The van der Waals surface area contributed by atoms with E-state index in [0.717, 1.165) is 0 Å². The molecule has 2 atom stereocenters. The fourth-order valence-electron chi connectivity index (χ4n) is 2.50. The van der Waals surface area contributed by atoms with E-state index in [1.165, 1.54) is 35.5 Å². The van der Waals surface area contributed by atoms with Crippen molar-refractivity contribution in [2.75, 3.05) is 18.4 Å². The maximum Gasteiger partial charge on any atom is 0.308 e. The summed E-state index contributed by atoms with van der Waals surface area (Å²) in [6.45, 7) is 3.26. The number of carbonyl (C=O) groups is 2. The van der Waals surface area contributed by atoms with Crippen LogP contribution >= 0.6 is 0 Å². The smallest absolute Gasteiger partial charge is 0.308 e. The van der Waals surface area contributed by atoms with Crippen LogP contribution < -0.4 is 5.32 Å². The van der Waals surface area contributed by atoms with Gasteiger partial charge in [0.15, 0.2) is 0 Å². The molecule has 1 heterocycles. The van der Waals surface area contributed by atoms with E-state index in [9.17, 15) is 18.0 Å². The van der Waals surface area contributed by atoms with Crippen molar-refractivity contribution < 1.29 is 23.1 Å². The Morgan fingerprint density at radius 1 is 1.23 bits per heavy atom. The third-order valence-corrected chi connectivity index (χ3v) is 5.55. The Morgan fingerprint density at radius 2 is 1.82 bits per heavy atom. The second-order valence-corrected chi connectivity index (χ2v) is 7.39. The first kappa shape index (κ1) is 16.4. The highest BCUT2D eigenvalue weighted by Gasteiger charge is 2.40. The molecule has 120 valence electrons. The van der Waals surface area contributed by atoms with E-state index in [-0.39, 0.29) is 29.8 Å². The summed E-state index contributed by atoms with van der Waals surface area (Å²) in [5, 5.41) is 11.7. The molecule has 0 aliphatic carbocycles. The van der Waals surface area contributed by atoms with Gasteiger partial charge in [-0.1, -0.05) is 6.92 Å². The summed E-state index contributed by atoms with van der Waals surface area (Å²) < 4.78 is 26.3. The quantitative estimate of drug-likeness (QED) is 0.858. The molecule has 1 amide bonds. The van der Waals surface area contributed by atoms with Crippen LogP contribution in [0.3, 0.4) is 0 Å².